The molecule has 0 aromatic carbocycles. The monoisotopic (exact) mass is 158 g/mol. The average Bonchev–Trinajstić information content (AvgIpc) is 2.03. The number of carbonyl (C=O) groups is 1. The lowest BCUT2D eigenvalue weighted by Gasteiger charge is -2.31. The zero-order chi connectivity index (χ0) is 8.27. The zero-order valence-corrected chi connectivity index (χ0v) is 6.71. The van der Waals surface area contributed by atoms with Crippen LogP contribution < -0.4 is 5.43 Å². The topological polar surface area (TPSA) is 52.6 Å². The maximum atomic E-state index is 10.9. The summed E-state index contributed by atoms with van der Waals surface area (Å²) in [5.74, 6) is 0.0524. The number of nitrogens with one attached hydrogen (secondary N) is 1. The average molecular weight is 158 g/mol. The molecule has 11 heavy (non-hydrogen) atoms. The Morgan fingerprint density at radius 1 is 1.82 bits per heavy atom. The van der Waals surface area contributed by atoms with Gasteiger partial charge in [-0.1, -0.05) is 0 Å². The number of nitrogens with zero attached hydrogens (tertiary/aromatic N) is 1. The van der Waals surface area contributed by atoms with Gasteiger partial charge in [-0.2, -0.15) is 0 Å². The van der Waals surface area contributed by atoms with E-state index in [0.717, 1.165) is 13.0 Å². The van der Waals surface area contributed by atoms with Gasteiger partial charge in [0.05, 0.1) is 6.61 Å². The van der Waals surface area contributed by atoms with Crippen molar-refractivity contribution in [1.82, 2.24) is 10.4 Å². The first kappa shape index (κ1) is 8.49. The molecule has 0 spiro atoms. The Balaban J connectivity index is 2.39. The second-order valence-corrected chi connectivity index (χ2v) is 2.86. The van der Waals surface area contributed by atoms with E-state index in [0.29, 0.717) is 6.42 Å². The third-order valence-electron chi connectivity index (χ3n) is 1.87. The third-order valence-corrected chi connectivity index (χ3v) is 1.87. The van der Waals surface area contributed by atoms with Gasteiger partial charge in [-0.15, -0.1) is 0 Å². The molecule has 1 fully saturated rings. The molecule has 64 valence electrons. The summed E-state index contributed by atoms with van der Waals surface area (Å²) in [5, 5.41) is 10.6. The molecule has 1 amide bonds. The van der Waals surface area contributed by atoms with Crippen LogP contribution in [-0.2, 0) is 4.79 Å². The predicted octanol–water partition coefficient (Wildman–Crippen LogP) is -0.506. The highest BCUT2D eigenvalue weighted by molar-refractivity contribution is 5.75. The van der Waals surface area contributed by atoms with Crippen molar-refractivity contribution in [3.8, 4) is 0 Å². The summed E-state index contributed by atoms with van der Waals surface area (Å²) in [6, 6.07) is 0.0271. The van der Waals surface area contributed by atoms with Crippen LogP contribution in [-0.4, -0.2) is 35.2 Å². The number of aliphatic hydroxyl groups is 1. The molecule has 1 aliphatic heterocycles. The summed E-state index contributed by atoms with van der Waals surface area (Å²) in [7, 11) is 0. The van der Waals surface area contributed by atoms with Gasteiger partial charge in [-0.3, -0.25) is 10.2 Å². The van der Waals surface area contributed by atoms with Crippen molar-refractivity contribution in [2.24, 2.45) is 0 Å². The number of hydrogen-bond acceptors (Lipinski definition) is 3. The highest BCUT2D eigenvalue weighted by atomic mass is 16.3. The lowest BCUT2D eigenvalue weighted by Crippen LogP contribution is -2.52. The fraction of sp³-hybridized carbons (Fsp3) is 0.857. The maximum Gasteiger partial charge on any atom is 0.234 e. The summed E-state index contributed by atoms with van der Waals surface area (Å²) in [4.78, 5) is 10.9. The SMILES string of the molecule is CC(CO)N1CCCC(=O)N1. The van der Waals surface area contributed by atoms with Gasteiger partial charge in [0.1, 0.15) is 0 Å². The molecule has 1 atom stereocenters. The van der Waals surface area contributed by atoms with Gasteiger partial charge >= 0.3 is 0 Å². The molecule has 0 radical (unpaired) electrons. The Kier molecular flexibility index (Phi) is 2.84. The standard InChI is InChI=1S/C7H14N2O2/c1-6(5-10)9-4-2-3-7(11)8-9/h6,10H,2-5H2,1H3,(H,8,11). The van der Waals surface area contributed by atoms with Crippen molar-refractivity contribution < 1.29 is 9.90 Å². The summed E-state index contributed by atoms with van der Waals surface area (Å²) in [6.07, 6.45) is 1.49. The molecule has 0 bridgehead atoms. The van der Waals surface area contributed by atoms with Crippen LogP contribution in [0.2, 0.25) is 0 Å². The highest BCUT2D eigenvalue weighted by Gasteiger charge is 2.19. The fourth-order valence-corrected chi connectivity index (χ4v) is 1.11. The number of hydrogen-bond donors (Lipinski definition) is 2. The van der Waals surface area contributed by atoms with E-state index in [-0.39, 0.29) is 18.6 Å². The Morgan fingerprint density at radius 2 is 2.55 bits per heavy atom. The van der Waals surface area contributed by atoms with Crippen LogP contribution in [0.5, 0.6) is 0 Å². The lowest BCUT2D eigenvalue weighted by molar-refractivity contribution is -0.130. The Labute approximate surface area is 66.2 Å². The van der Waals surface area contributed by atoms with E-state index >= 15 is 0 Å². The molecule has 0 saturated carbocycles. The van der Waals surface area contributed by atoms with Gasteiger partial charge in [-0.05, 0) is 13.3 Å². The number of carbonyl (C=O) groups excluding carboxylic acids is 1. The summed E-state index contributed by atoms with van der Waals surface area (Å²) < 4.78 is 0. The zero-order valence-electron chi connectivity index (χ0n) is 6.71. The van der Waals surface area contributed by atoms with Gasteiger partial charge in [0.2, 0.25) is 5.91 Å². The van der Waals surface area contributed by atoms with E-state index in [4.69, 9.17) is 5.11 Å². The quantitative estimate of drug-likeness (QED) is 0.569. The second-order valence-electron chi connectivity index (χ2n) is 2.86. The molecule has 4 heteroatoms. The lowest BCUT2D eigenvalue weighted by atomic mass is 10.2. The first-order valence-electron chi connectivity index (χ1n) is 3.91. The first-order valence-corrected chi connectivity index (χ1v) is 3.91. The van der Waals surface area contributed by atoms with E-state index in [1.165, 1.54) is 0 Å². The van der Waals surface area contributed by atoms with Crippen molar-refractivity contribution >= 4 is 5.91 Å². The van der Waals surface area contributed by atoms with Crippen LogP contribution in [0.25, 0.3) is 0 Å². The first-order chi connectivity index (χ1) is 5.24. The fourth-order valence-electron chi connectivity index (χ4n) is 1.11. The molecule has 1 saturated heterocycles. The van der Waals surface area contributed by atoms with E-state index in [2.05, 4.69) is 5.43 Å². The minimum Gasteiger partial charge on any atom is -0.395 e. The number of aliphatic hydroxyl groups excluding tert-OH is 1. The van der Waals surface area contributed by atoms with Gasteiger partial charge < -0.3 is 5.11 Å². The Hall–Kier alpha value is -0.610. The normalized spacial score (nSPS) is 22.9. The number of rotatable bonds is 2. The van der Waals surface area contributed by atoms with E-state index in [9.17, 15) is 4.79 Å². The summed E-state index contributed by atoms with van der Waals surface area (Å²) in [5.41, 5.74) is 2.70. The molecule has 1 heterocycles. The molecule has 0 aromatic rings. The minimum absolute atomic E-state index is 0.0271. The highest BCUT2D eigenvalue weighted by Crippen LogP contribution is 2.04. The van der Waals surface area contributed by atoms with Gasteiger partial charge in [-0.25, -0.2) is 5.01 Å². The van der Waals surface area contributed by atoms with E-state index < -0.39 is 0 Å². The molecule has 2 N–H and O–H groups in total. The van der Waals surface area contributed by atoms with Crippen molar-refractivity contribution in [2.75, 3.05) is 13.2 Å². The Morgan fingerprint density at radius 3 is 3.09 bits per heavy atom. The van der Waals surface area contributed by atoms with Gasteiger partial charge in [0, 0.05) is 19.0 Å². The number of amides is 1. The van der Waals surface area contributed by atoms with E-state index in [1.807, 2.05) is 6.92 Å². The van der Waals surface area contributed by atoms with Crippen LogP contribution in [0.15, 0.2) is 0 Å². The molecule has 0 aliphatic carbocycles. The largest absolute Gasteiger partial charge is 0.395 e. The van der Waals surface area contributed by atoms with Crippen molar-refractivity contribution in [3.63, 3.8) is 0 Å². The third kappa shape index (κ3) is 2.17. The van der Waals surface area contributed by atoms with Crippen LogP contribution in [0, 0.1) is 0 Å². The van der Waals surface area contributed by atoms with Crippen molar-refractivity contribution in [3.05, 3.63) is 0 Å². The second kappa shape index (κ2) is 3.69. The van der Waals surface area contributed by atoms with E-state index in [1.54, 1.807) is 5.01 Å². The molecule has 1 aliphatic rings. The van der Waals surface area contributed by atoms with Crippen LogP contribution in [0.4, 0.5) is 0 Å². The van der Waals surface area contributed by atoms with Gasteiger partial charge in [0.25, 0.3) is 0 Å². The predicted molar refractivity (Wildman–Crippen MR) is 40.6 cm³/mol. The van der Waals surface area contributed by atoms with Gasteiger partial charge in [0.15, 0.2) is 0 Å². The molecular formula is C7H14N2O2. The van der Waals surface area contributed by atoms with Crippen molar-refractivity contribution in [1.29, 1.82) is 0 Å². The van der Waals surface area contributed by atoms with Crippen LogP contribution in [0.3, 0.4) is 0 Å². The number of hydrazine groups is 1. The smallest absolute Gasteiger partial charge is 0.234 e. The molecule has 1 rings (SSSR count). The maximum absolute atomic E-state index is 10.9. The Bertz CT molecular complexity index is 149. The molecule has 1 unspecified atom stereocenters. The molecule has 0 aromatic heterocycles. The molecular weight excluding hydrogens is 144 g/mol. The van der Waals surface area contributed by atoms with Crippen LogP contribution in [0.1, 0.15) is 19.8 Å². The minimum atomic E-state index is 0.0271. The summed E-state index contributed by atoms with van der Waals surface area (Å²) >= 11 is 0. The van der Waals surface area contributed by atoms with Crippen molar-refractivity contribution in [2.45, 2.75) is 25.8 Å². The summed E-state index contributed by atoms with van der Waals surface area (Å²) in [6.45, 7) is 2.80. The van der Waals surface area contributed by atoms with Crippen LogP contribution >= 0.6 is 0 Å². The molecule has 4 nitrogen and oxygen atoms in total.